The van der Waals surface area contributed by atoms with Gasteiger partial charge in [0, 0.05) is 27.9 Å². The predicted molar refractivity (Wildman–Crippen MR) is 139 cm³/mol. The number of fused-ring (bicyclic) bond motifs is 1. The van der Waals surface area contributed by atoms with E-state index in [2.05, 4.69) is 10.1 Å². The number of carbonyl (C=O) groups is 1. The Bertz CT molecular complexity index is 1500. The molecule has 0 bridgehead atoms. The molecule has 0 amide bonds. The van der Waals surface area contributed by atoms with Crippen molar-refractivity contribution in [2.75, 3.05) is 17.5 Å². The van der Waals surface area contributed by atoms with Crippen molar-refractivity contribution in [3.63, 3.8) is 0 Å². The number of unbranched alkanes of at least 4 members (excludes halogenated alkanes) is 1. The summed E-state index contributed by atoms with van der Waals surface area (Å²) < 4.78 is 39.0. The summed E-state index contributed by atoms with van der Waals surface area (Å²) in [7, 11) is -4.25. The number of rotatable bonds is 9. The standard InChI is InChI=1S/C25H23Cl2N3O5S/c1-3-4-10-34-24(31)15-30(36(32,33)21-13-19(26)12-20(27)14-21)23-7-5-6-17-11-18(8-9-22(17)23)25-28-16(2)35-29-25/h5-9,11-14H,3-4,10,15H2,1-2H3. The zero-order valence-electron chi connectivity index (χ0n) is 19.6. The molecule has 0 fully saturated rings. The monoisotopic (exact) mass is 547 g/mol. The zero-order chi connectivity index (χ0) is 25.9. The smallest absolute Gasteiger partial charge is 0.326 e. The second kappa shape index (κ2) is 10.9. The first-order chi connectivity index (χ1) is 17.2. The number of ether oxygens (including phenoxy) is 1. The van der Waals surface area contributed by atoms with Crippen molar-refractivity contribution < 1.29 is 22.5 Å². The molecule has 8 nitrogen and oxygen atoms in total. The van der Waals surface area contributed by atoms with Gasteiger partial charge in [-0.2, -0.15) is 4.98 Å². The minimum absolute atomic E-state index is 0.141. The average Bonchev–Trinajstić information content (AvgIpc) is 3.27. The Hall–Kier alpha value is -3.14. The van der Waals surface area contributed by atoms with Crippen molar-refractivity contribution in [1.82, 2.24) is 10.1 Å². The molecular formula is C25H23Cl2N3O5S. The van der Waals surface area contributed by atoms with Gasteiger partial charge in [-0.3, -0.25) is 9.10 Å². The Morgan fingerprint density at radius 3 is 2.50 bits per heavy atom. The van der Waals surface area contributed by atoms with Gasteiger partial charge in [0.2, 0.25) is 11.7 Å². The molecule has 1 heterocycles. The number of aryl methyl sites for hydroxylation is 1. The highest BCUT2D eigenvalue weighted by atomic mass is 35.5. The molecule has 0 aliphatic heterocycles. The Morgan fingerprint density at radius 1 is 1.08 bits per heavy atom. The van der Waals surface area contributed by atoms with Crippen LogP contribution in [0, 0.1) is 6.92 Å². The van der Waals surface area contributed by atoms with Crippen LogP contribution in [0.4, 0.5) is 5.69 Å². The second-order valence-corrected chi connectivity index (χ2v) is 10.8. The zero-order valence-corrected chi connectivity index (χ0v) is 21.9. The summed E-state index contributed by atoms with van der Waals surface area (Å²) in [6, 6.07) is 14.5. The summed E-state index contributed by atoms with van der Waals surface area (Å²) >= 11 is 12.2. The summed E-state index contributed by atoms with van der Waals surface area (Å²) in [4.78, 5) is 16.8. The van der Waals surface area contributed by atoms with Gasteiger partial charge in [-0.05, 0) is 42.1 Å². The van der Waals surface area contributed by atoms with Crippen LogP contribution in [-0.4, -0.2) is 37.7 Å². The van der Waals surface area contributed by atoms with E-state index in [0.717, 1.165) is 16.1 Å². The molecule has 0 spiro atoms. The van der Waals surface area contributed by atoms with E-state index in [-0.39, 0.29) is 21.5 Å². The third-order valence-electron chi connectivity index (χ3n) is 5.37. The Morgan fingerprint density at radius 2 is 1.83 bits per heavy atom. The van der Waals surface area contributed by atoms with Gasteiger partial charge in [0.05, 0.1) is 17.2 Å². The van der Waals surface area contributed by atoms with Crippen molar-refractivity contribution in [3.05, 3.63) is 70.5 Å². The van der Waals surface area contributed by atoms with Crippen molar-refractivity contribution >= 4 is 55.7 Å². The molecule has 4 aromatic rings. The number of nitrogens with zero attached hydrogens (tertiary/aromatic N) is 3. The molecule has 0 unspecified atom stereocenters. The van der Waals surface area contributed by atoms with Crippen LogP contribution in [0.5, 0.6) is 0 Å². The number of anilines is 1. The fourth-order valence-electron chi connectivity index (χ4n) is 3.64. The molecule has 0 saturated heterocycles. The van der Waals surface area contributed by atoms with Crippen molar-refractivity contribution in [2.24, 2.45) is 0 Å². The topological polar surface area (TPSA) is 103 Å². The Labute approximate surface area is 218 Å². The molecule has 3 aromatic carbocycles. The first-order valence-electron chi connectivity index (χ1n) is 11.2. The van der Waals surface area contributed by atoms with Crippen LogP contribution in [0.3, 0.4) is 0 Å². The summed E-state index contributed by atoms with van der Waals surface area (Å²) in [6.45, 7) is 3.34. The summed E-state index contributed by atoms with van der Waals surface area (Å²) in [5.41, 5.74) is 0.999. The van der Waals surface area contributed by atoms with Crippen LogP contribution in [0.2, 0.25) is 10.0 Å². The van der Waals surface area contributed by atoms with Crippen molar-refractivity contribution in [1.29, 1.82) is 0 Å². The highest BCUT2D eigenvalue weighted by molar-refractivity contribution is 7.92. The van der Waals surface area contributed by atoms with Crippen LogP contribution in [0.15, 0.2) is 64.0 Å². The molecule has 36 heavy (non-hydrogen) atoms. The Balaban J connectivity index is 1.82. The Kier molecular flexibility index (Phi) is 7.82. The third-order valence-corrected chi connectivity index (χ3v) is 7.54. The second-order valence-electron chi connectivity index (χ2n) is 8.04. The summed E-state index contributed by atoms with van der Waals surface area (Å²) in [5, 5.41) is 5.57. The quantitative estimate of drug-likeness (QED) is 0.186. The van der Waals surface area contributed by atoms with E-state index in [9.17, 15) is 13.2 Å². The highest BCUT2D eigenvalue weighted by Gasteiger charge is 2.30. The lowest BCUT2D eigenvalue weighted by atomic mass is 10.0. The van der Waals surface area contributed by atoms with Crippen LogP contribution in [0.25, 0.3) is 22.2 Å². The molecule has 0 aliphatic carbocycles. The fourth-order valence-corrected chi connectivity index (χ4v) is 5.79. The molecule has 0 aliphatic rings. The van der Waals surface area contributed by atoms with Crippen molar-refractivity contribution in [2.45, 2.75) is 31.6 Å². The van der Waals surface area contributed by atoms with Crippen LogP contribution in [-0.2, 0) is 19.6 Å². The van der Waals surface area contributed by atoms with Crippen LogP contribution >= 0.6 is 23.2 Å². The number of halogens is 2. The van der Waals surface area contributed by atoms with Gasteiger partial charge in [0.15, 0.2) is 0 Å². The number of hydrogen-bond donors (Lipinski definition) is 0. The van der Waals surface area contributed by atoms with Crippen molar-refractivity contribution in [3.8, 4) is 11.4 Å². The normalized spacial score (nSPS) is 11.6. The van der Waals surface area contributed by atoms with E-state index >= 15 is 0 Å². The molecule has 0 saturated carbocycles. The molecule has 0 atom stereocenters. The minimum atomic E-state index is -4.25. The lowest BCUT2D eigenvalue weighted by molar-refractivity contribution is -0.141. The summed E-state index contributed by atoms with van der Waals surface area (Å²) in [6.07, 6.45) is 1.51. The number of hydrogen-bond acceptors (Lipinski definition) is 7. The van der Waals surface area contributed by atoms with E-state index in [0.29, 0.717) is 34.8 Å². The lowest BCUT2D eigenvalue weighted by Gasteiger charge is -2.25. The number of benzene rings is 3. The first kappa shape index (κ1) is 25.9. The summed E-state index contributed by atoms with van der Waals surface area (Å²) in [5.74, 6) is 0.172. The van der Waals surface area contributed by atoms with E-state index in [1.165, 1.54) is 18.2 Å². The molecule has 0 radical (unpaired) electrons. The van der Waals surface area contributed by atoms with Gasteiger partial charge < -0.3 is 9.26 Å². The van der Waals surface area contributed by atoms with Gasteiger partial charge >= 0.3 is 5.97 Å². The third kappa shape index (κ3) is 5.64. The maximum atomic E-state index is 13.8. The van der Waals surface area contributed by atoms with E-state index in [1.54, 1.807) is 31.2 Å². The number of aromatic nitrogens is 2. The molecule has 11 heteroatoms. The average molecular weight is 548 g/mol. The van der Waals surface area contributed by atoms with E-state index in [4.69, 9.17) is 32.5 Å². The van der Waals surface area contributed by atoms with Gasteiger partial charge in [-0.15, -0.1) is 0 Å². The highest BCUT2D eigenvalue weighted by Crippen LogP contribution is 2.34. The number of sulfonamides is 1. The maximum absolute atomic E-state index is 13.8. The van der Waals surface area contributed by atoms with Crippen LogP contribution < -0.4 is 4.31 Å². The minimum Gasteiger partial charge on any atom is -0.464 e. The lowest BCUT2D eigenvalue weighted by Crippen LogP contribution is -2.37. The van der Waals surface area contributed by atoms with E-state index in [1.807, 2.05) is 19.1 Å². The molecule has 1 aromatic heterocycles. The van der Waals surface area contributed by atoms with Gasteiger partial charge in [0.25, 0.3) is 10.0 Å². The van der Waals surface area contributed by atoms with E-state index < -0.39 is 22.5 Å². The van der Waals surface area contributed by atoms with Crippen LogP contribution in [0.1, 0.15) is 25.7 Å². The number of esters is 1. The molecule has 188 valence electrons. The fraction of sp³-hybridized carbons (Fsp3) is 0.240. The first-order valence-corrected chi connectivity index (χ1v) is 13.4. The SMILES string of the molecule is CCCCOC(=O)CN(c1cccc2cc(-c3noc(C)n3)ccc12)S(=O)(=O)c1cc(Cl)cc(Cl)c1. The van der Waals surface area contributed by atoms with Gasteiger partial charge in [0.1, 0.15) is 6.54 Å². The predicted octanol–water partition coefficient (Wildman–Crippen LogP) is 6.04. The molecular weight excluding hydrogens is 525 g/mol. The number of carbonyl (C=O) groups excluding carboxylic acids is 1. The van der Waals surface area contributed by atoms with Gasteiger partial charge in [-0.25, -0.2) is 8.42 Å². The molecule has 0 N–H and O–H groups in total. The molecule has 4 rings (SSSR count). The van der Waals surface area contributed by atoms with Gasteiger partial charge in [-0.1, -0.05) is 66.0 Å². The largest absolute Gasteiger partial charge is 0.464 e. The maximum Gasteiger partial charge on any atom is 0.326 e.